The average Bonchev–Trinajstić information content (AvgIpc) is 2.70. The number of hydrogen-bond acceptors (Lipinski definition) is 5. The summed E-state index contributed by atoms with van der Waals surface area (Å²) < 4.78 is 37.3. The molecule has 0 heterocycles. The summed E-state index contributed by atoms with van der Waals surface area (Å²) in [6, 6.07) is 13.3. The molecule has 2 rings (SSSR count). The number of sulfonamides is 1. The minimum absolute atomic E-state index is 0.157. The largest absolute Gasteiger partial charge is 0.497 e. The van der Waals surface area contributed by atoms with Gasteiger partial charge in [-0.3, -0.25) is 4.79 Å². The second-order valence-corrected chi connectivity index (χ2v) is 8.40. The topological polar surface area (TPSA) is 93.7 Å². The molecule has 7 nitrogen and oxygen atoms in total. The highest BCUT2D eigenvalue weighted by atomic mass is 32.2. The number of ether oxygens (including phenoxy) is 2. The van der Waals surface area contributed by atoms with Crippen LogP contribution in [0.25, 0.3) is 0 Å². The molecular weight excluding hydrogens is 380 g/mol. The SMILES string of the molecule is COc1ccc(CNC(=O)COc2ccc(S(=O)(=O)NCC(C)C)cc2)cc1. The predicted octanol–water partition coefficient (Wildman–Crippen LogP) is 2.32. The second-order valence-electron chi connectivity index (χ2n) is 6.63. The van der Waals surface area contributed by atoms with Gasteiger partial charge in [-0.15, -0.1) is 0 Å². The zero-order valence-electron chi connectivity index (χ0n) is 16.3. The highest BCUT2D eigenvalue weighted by Crippen LogP contribution is 2.16. The molecule has 0 saturated carbocycles. The maximum absolute atomic E-state index is 12.2. The van der Waals surface area contributed by atoms with Crippen molar-refractivity contribution in [3.63, 3.8) is 0 Å². The van der Waals surface area contributed by atoms with Crippen LogP contribution in [0, 0.1) is 5.92 Å². The van der Waals surface area contributed by atoms with Crippen molar-refractivity contribution in [1.82, 2.24) is 10.0 Å². The molecule has 0 atom stereocenters. The Hall–Kier alpha value is -2.58. The van der Waals surface area contributed by atoms with Gasteiger partial charge in [0.15, 0.2) is 6.61 Å². The molecule has 2 aromatic rings. The molecule has 8 heteroatoms. The van der Waals surface area contributed by atoms with Crippen LogP contribution in [0.2, 0.25) is 0 Å². The number of carbonyl (C=O) groups is 1. The third-order valence-electron chi connectivity index (χ3n) is 3.83. The van der Waals surface area contributed by atoms with Crippen LogP contribution in [-0.2, 0) is 21.4 Å². The first-order valence-electron chi connectivity index (χ1n) is 8.92. The summed E-state index contributed by atoms with van der Waals surface area (Å²) in [6.07, 6.45) is 0. The van der Waals surface area contributed by atoms with Gasteiger partial charge < -0.3 is 14.8 Å². The Balaban J connectivity index is 1.81. The normalized spacial score (nSPS) is 11.3. The van der Waals surface area contributed by atoms with Gasteiger partial charge in [-0.05, 0) is 47.9 Å². The Kier molecular flexibility index (Phi) is 7.83. The molecule has 28 heavy (non-hydrogen) atoms. The van der Waals surface area contributed by atoms with Crippen LogP contribution in [0.1, 0.15) is 19.4 Å². The molecule has 1 amide bonds. The molecule has 0 aromatic heterocycles. The number of carbonyl (C=O) groups excluding carboxylic acids is 1. The van der Waals surface area contributed by atoms with Crippen molar-refractivity contribution >= 4 is 15.9 Å². The quantitative estimate of drug-likeness (QED) is 0.632. The molecule has 0 aliphatic heterocycles. The minimum atomic E-state index is -3.54. The predicted molar refractivity (Wildman–Crippen MR) is 107 cm³/mol. The smallest absolute Gasteiger partial charge is 0.258 e. The van der Waals surface area contributed by atoms with Crippen LogP contribution >= 0.6 is 0 Å². The van der Waals surface area contributed by atoms with Crippen molar-refractivity contribution in [2.24, 2.45) is 5.92 Å². The van der Waals surface area contributed by atoms with Crippen LogP contribution in [0.3, 0.4) is 0 Å². The van der Waals surface area contributed by atoms with Crippen LogP contribution in [0.15, 0.2) is 53.4 Å². The monoisotopic (exact) mass is 406 g/mol. The van der Waals surface area contributed by atoms with Gasteiger partial charge in [0, 0.05) is 13.1 Å². The van der Waals surface area contributed by atoms with E-state index in [-0.39, 0.29) is 23.3 Å². The molecule has 2 aromatic carbocycles. The number of benzene rings is 2. The molecule has 0 radical (unpaired) electrons. The van der Waals surface area contributed by atoms with Crippen LogP contribution in [0.4, 0.5) is 0 Å². The maximum Gasteiger partial charge on any atom is 0.258 e. The Morgan fingerprint density at radius 3 is 2.18 bits per heavy atom. The van der Waals surface area contributed by atoms with E-state index in [2.05, 4.69) is 10.0 Å². The van der Waals surface area contributed by atoms with Gasteiger partial charge in [-0.1, -0.05) is 26.0 Å². The summed E-state index contributed by atoms with van der Waals surface area (Å²) >= 11 is 0. The summed E-state index contributed by atoms with van der Waals surface area (Å²) in [5, 5.41) is 2.76. The maximum atomic E-state index is 12.2. The van der Waals surface area contributed by atoms with Gasteiger partial charge in [-0.2, -0.15) is 0 Å². The van der Waals surface area contributed by atoms with Crippen molar-refractivity contribution in [1.29, 1.82) is 0 Å². The lowest BCUT2D eigenvalue weighted by Crippen LogP contribution is -2.28. The van der Waals surface area contributed by atoms with Crippen molar-refractivity contribution in [2.75, 3.05) is 20.3 Å². The molecule has 0 fully saturated rings. The lowest BCUT2D eigenvalue weighted by molar-refractivity contribution is -0.123. The Morgan fingerprint density at radius 1 is 1.00 bits per heavy atom. The van der Waals surface area contributed by atoms with Gasteiger partial charge in [0.2, 0.25) is 10.0 Å². The number of nitrogens with one attached hydrogen (secondary N) is 2. The first kappa shape index (κ1) is 21.7. The van der Waals surface area contributed by atoms with E-state index in [1.54, 1.807) is 7.11 Å². The standard InChI is InChI=1S/C20H26N2O5S/c1-15(2)12-22-28(24,25)19-10-8-18(9-11-19)27-14-20(23)21-13-16-4-6-17(26-3)7-5-16/h4-11,15,22H,12-14H2,1-3H3,(H,21,23). The number of amides is 1. The number of hydrogen-bond donors (Lipinski definition) is 2. The van der Waals surface area contributed by atoms with E-state index in [0.717, 1.165) is 11.3 Å². The zero-order chi connectivity index (χ0) is 20.6. The summed E-state index contributed by atoms with van der Waals surface area (Å²) in [4.78, 5) is 12.1. The third kappa shape index (κ3) is 6.86. The van der Waals surface area contributed by atoms with Gasteiger partial charge in [0.1, 0.15) is 11.5 Å². The summed E-state index contributed by atoms with van der Waals surface area (Å²) in [7, 11) is -1.95. The highest BCUT2D eigenvalue weighted by Gasteiger charge is 2.14. The summed E-state index contributed by atoms with van der Waals surface area (Å²) in [5.41, 5.74) is 0.942. The van der Waals surface area contributed by atoms with Crippen LogP contribution in [-0.4, -0.2) is 34.6 Å². The van der Waals surface area contributed by atoms with Crippen molar-refractivity contribution in [3.8, 4) is 11.5 Å². The van der Waals surface area contributed by atoms with E-state index < -0.39 is 10.0 Å². The van der Waals surface area contributed by atoms with Gasteiger partial charge >= 0.3 is 0 Å². The van der Waals surface area contributed by atoms with E-state index in [9.17, 15) is 13.2 Å². The molecule has 152 valence electrons. The second kappa shape index (κ2) is 10.1. The van der Waals surface area contributed by atoms with E-state index in [1.165, 1.54) is 24.3 Å². The van der Waals surface area contributed by atoms with Gasteiger partial charge in [-0.25, -0.2) is 13.1 Å². The van der Waals surface area contributed by atoms with Crippen molar-refractivity contribution < 1.29 is 22.7 Å². The average molecular weight is 407 g/mol. The fourth-order valence-corrected chi connectivity index (χ4v) is 3.43. The fourth-order valence-electron chi connectivity index (χ4n) is 2.22. The highest BCUT2D eigenvalue weighted by molar-refractivity contribution is 7.89. The summed E-state index contributed by atoms with van der Waals surface area (Å²) in [6.45, 7) is 4.45. The fraction of sp³-hybridized carbons (Fsp3) is 0.350. The van der Waals surface area contributed by atoms with E-state index in [1.807, 2.05) is 38.1 Å². The Bertz CT molecular complexity index is 862. The Morgan fingerprint density at radius 2 is 1.61 bits per heavy atom. The summed E-state index contributed by atoms with van der Waals surface area (Å²) in [5.74, 6) is 1.12. The first-order valence-corrected chi connectivity index (χ1v) is 10.4. The molecule has 0 bridgehead atoms. The molecule has 2 N–H and O–H groups in total. The molecule has 0 unspecified atom stereocenters. The van der Waals surface area contributed by atoms with E-state index in [4.69, 9.17) is 9.47 Å². The lowest BCUT2D eigenvalue weighted by Gasteiger charge is -2.10. The molecular formula is C20H26N2O5S. The molecule has 0 aliphatic rings. The molecule has 0 aliphatic carbocycles. The van der Waals surface area contributed by atoms with Crippen molar-refractivity contribution in [3.05, 3.63) is 54.1 Å². The zero-order valence-corrected chi connectivity index (χ0v) is 17.1. The van der Waals surface area contributed by atoms with E-state index >= 15 is 0 Å². The molecule has 0 saturated heterocycles. The number of rotatable bonds is 10. The first-order chi connectivity index (χ1) is 13.3. The van der Waals surface area contributed by atoms with Crippen molar-refractivity contribution in [2.45, 2.75) is 25.3 Å². The number of methoxy groups -OCH3 is 1. The lowest BCUT2D eigenvalue weighted by atomic mass is 10.2. The minimum Gasteiger partial charge on any atom is -0.497 e. The van der Waals surface area contributed by atoms with Gasteiger partial charge in [0.25, 0.3) is 5.91 Å². The van der Waals surface area contributed by atoms with E-state index in [0.29, 0.717) is 18.8 Å². The molecule has 0 spiro atoms. The van der Waals surface area contributed by atoms with Gasteiger partial charge in [0.05, 0.1) is 12.0 Å². The van der Waals surface area contributed by atoms with Crippen LogP contribution in [0.5, 0.6) is 11.5 Å². The third-order valence-corrected chi connectivity index (χ3v) is 5.27. The van der Waals surface area contributed by atoms with Crippen LogP contribution < -0.4 is 19.5 Å². The Labute approximate surface area is 166 Å².